The van der Waals surface area contributed by atoms with Gasteiger partial charge < -0.3 is 14.5 Å². The van der Waals surface area contributed by atoms with E-state index >= 15 is 0 Å². The lowest BCUT2D eigenvalue weighted by Crippen LogP contribution is -2.49. The minimum Gasteiger partial charge on any atom is -0.406 e. The second-order valence-electron chi connectivity index (χ2n) is 6.76. The van der Waals surface area contributed by atoms with Gasteiger partial charge in [-0.25, -0.2) is 4.39 Å². The summed E-state index contributed by atoms with van der Waals surface area (Å²) in [4.78, 5) is 28.3. The topological polar surface area (TPSA) is 49.9 Å². The first-order chi connectivity index (χ1) is 12.7. The molecule has 2 atom stereocenters. The number of benzene rings is 1. The van der Waals surface area contributed by atoms with Gasteiger partial charge in [-0.05, 0) is 43.5 Å². The van der Waals surface area contributed by atoms with Crippen LogP contribution in [0.25, 0.3) is 0 Å². The minimum absolute atomic E-state index is 0.0592. The summed E-state index contributed by atoms with van der Waals surface area (Å²) in [5, 5.41) is 0. The highest BCUT2D eigenvalue weighted by Gasteiger charge is 2.42. The molecule has 0 saturated carbocycles. The third kappa shape index (κ3) is 4.70. The number of piperidine rings is 1. The number of ether oxygens (including phenoxy) is 1. The first-order valence-corrected chi connectivity index (χ1v) is 8.84. The first kappa shape index (κ1) is 19.4. The van der Waals surface area contributed by atoms with E-state index in [1.165, 1.54) is 17.0 Å². The van der Waals surface area contributed by atoms with Crippen LogP contribution in [0.5, 0.6) is 5.75 Å². The van der Waals surface area contributed by atoms with Gasteiger partial charge in [0.05, 0.1) is 6.54 Å². The van der Waals surface area contributed by atoms with Crippen LogP contribution in [-0.2, 0) is 4.79 Å². The first-order valence-electron chi connectivity index (χ1n) is 8.84. The molecule has 3 rings (SSSR count). The second kappa shape index (κ2) is 7.74. The lowest BCUT2D eigenvalue weighted by Gasteiger charge is -2.32. The van der Waals surface area contributed by atoms with Crippen molar-refractivity contribution in [3.8, 4) is 5.75 Å². The van der Waals surface area contributed by atoms with Gasteiger partial charge >= 0.3 is 6.36 Å². The van der Waals surface area contributed by atoms with Gasteiger partial charge in [0, 0.05) is 25.1 Å². The van der Waals surface area contributed by atoms with Crippen molar-refractivity contribution in [2.75, 3.05) is 19.6 Å². The number of amides is 2. The van der Waals surface area contributed by atoms with Gasteiger partial charge in [0.1, 0.15) is 18.0 Å². The van der Waals surface area contributed by atoms with Crippen LogP contribution in [0.1, 0.15) is 36.0 Å². The van der Waals surface area contributed by atoms with Crippen LogP contribution in [0.15, 0.2) is 24.3 Å². The number of hydrogen-bond acceptors (Lipinski definition) is 3. The van der Waals surface area contributed by atoms with Gasteiger partial charge in [0.25, 0.3) is 5.91 Å². The van der Waals surface area contributed by atoms with Crippen molar-refractivity contribution in [3.05, 3.63) is 29.8 Å². The van der Waals surface area contributed by atoms with Crippen molar-refractivity contribution in [2.45, 2.75) is 44.3 Å². The molecule has 2 aliphatic heterocycles. The van der Waals surface area contributed by atoms with Crippen LogP contribution in [0.4, 0.5) is 17.6 Å². The fourth-order valence-corrected chi connectivity index (χ4v) is 3.53. The van der Waals surface area contributed by atoms with E-state index in [2.05, 4.69) is 4.74 Å². The summed E-state index contributed by atoms with van der Waals surface area (Å²) in [5.74, 6) is -1.30. The SMILES string of the molecule is O=C([C@@H]1C[C@H](F)CN1C(=O)c1ccc(OC(F)(F)F)cc1)N1CCCCC1. The molecule has 2 fully saturated rings. The van der Waals surface area contributed by atoms with Crippen LogP contribution < -0.4 is 4.74 Å². The maximum Gasteiger partial charge on any atom is 0.573 e. The Kier molecular flexibility index (Phi) is 5.57. The standard InChI is InChI=1S/C18H20F4N2O3/c19-13-10-15(17(26)23-8-2-1-3-9-23)24(11-13)16(25)12-4-6-14(7-5-12)27-18(20,21)22/h4-7,13,15H,1-3,8-11H2/t13-,15-/m0/s1. The predicted octanol–water partition coefficient (Wildman–Crippen LogP) is 3.15. The summed E-state index contributed by atoms with van der Waals surface area (Å²) < 4.78 is 54.4. The van der Waals surface area contributed by atoms with E-state index in [-0.39, 0.29) is 24.4 Å². The van der Waals surface area contributed by atoms with Gasteiger partial charge in [0.15, 0.2) is 0 Å². The summed E-state index contributed by atoms with van der Waals surface area (Å²) in [6, 6.07) is 3.52. The molecule has 5 nitrogen and oxygen atoms in total. The quantitative estimate of drug-likeness (QED) is 0.748. The molecule has 148 valence electrons. The molecule has 2 heterocycles. The van der Waals surface area contributed by atoms with E-state index in [1.807, 2.05) is 0 Å². The minimum atomic E-state index is -4.83. The lowest BCUT2D eigenvalue weighted by atomic mass is 10.1. The third-order valence-electron chi connectivity index (χ3n) is 4.80. The molecule has 0 unspecified atom stereocenters. The van der Waals surface area contributed by atoms with E-state index in [0.29, 0.717) is 13.1 Å². The predicted molar refractivity (Wildman–Crippen MR) is 87.9 cm³/mol. The maximum absolute atomic E-state index is 14.0. The van der Waals surface area contributed by atoms with Crippen molar-refractivity contribution in [1.29, 1.82) is 0 Å². The molecule has 1 aromatic rings. The van der Waals surface area contributed by atoms with Crippen molar-refractivity contribution < 1.29 is 31.9 Å². The van der Waals surface area contributed by atoms with Gasteiger partial charge in [-0.2, -0.15) is 0 Å². The highest BCUT2D eigenvalue weighted by molar-refractivity contribution is 5.98. The van der Waals surface area contributed by atoms with E-state index < -0.39 is 30.2 Å². The van der Waals surface area contributed by atoms with Crippen LogP contribution in [0.3, 0.4) is 0 Å². The van der Waals surface area contributed by atoms with Crippen LogP contribution >= 0.6 is 0 Å². The van der Waals surface area contributed by atoms with Gasteiger partial charge in [-0.15, -0.1) is 13.2 Å². The molecular formula is C18H20F4N2O3. The van der Waals surface area contributed by atoms with E-state index in [4.69, 9.17) is 0 Å². The molecule has 0 radical (unpaired) electrons. The van der Waals surface area contributed by atoms with Crippen molar-refractivity contribution in [1.82, 2.24) is 9.80 Å². The number of carbonyl (C=O) groups is 2. The molecule has 2 aliphatic rings. The Morgan fingerprint density at radius 2 is 1.67 bits per heavy atom. The molecule has 0 spiro atoms. The van der Waals surface area contributed by atoms with Crippen LogP contribution in [-0.4, -0.2) is 59.8 Å². The van der Waals surface area contributed by atoms with Gasteiger partial charge in [0.2, 0.25) is 5.91 Å². The Labute approximate surface area is 153 Å². The molecule has 0 N–H and O–H groups in total. The highest BCUT2D eigenvalue weighted by Crippen LogP contribution is 2.27. The van der Waals surface area contributed by atoms with Crippen LogP contribution in [0.2, 0.25) is 0 Å². The molecule has 0 aromatic heterocycles. The zero-order valence-corrected chi connectivity index (χ0v) is 14.5. The lowest BCUT2D eigenvalue weighted by molar-refractivity contribution is -0.274. The third-order valence-corrected chi connectivity index (χ3v) is 4.80. The smallest absolute Gasteiger partial charge is 0.406 e. The molecule has 27 heavy (non-hydrogen) atoms. The van der Waals surface area contributed by atoms with Crippen molar-refractivity contribution >= 4 is 11.8 Å². The molecule has 1 aromatic carbocycles. The summed E-state index contributed by atoms with van der Waals surface area (Å²) in [7, 11) is 0. The molecule has 0 bridgehead atoms. The average molecular weight is 388 g/mol. The number of halogens is 4. The monoisotopic (exact) mass is 388 g/mol. The fourth-order valence-electron chi connectivity index (χ4n) is 3.53. The Balaban J connectivity index is 1.72. The number of likely N-dealkylation sites (tertiary alicyclic amines) is 2. The normalized spacial score (nSPS) is 23.4. The zero-order valence-electron chi connectivity index (χ0n) is 14.5. The van der Waals surface area contributed by atoms with Crippen LogP contribution in [0, 0.1) is 0 Å². The molecule has 0 aliphatic carbocycles. The number of nitrogens with zero attached hydrogens (tertiary/aromatic N) is 2. The summed E-state index contributed by atoms with van der Waals surface area (Å²) >= 11 is 0. The average Bonchev–Trinajstić information content (AvgIpc) is 3.02. The van der Waals surface area contributed by atoms with Gasteiger partial charge in [-0.3, -0.25) is 9.59 Å². The largest absolute Gasteiger partial charge is 0.573 e. The summed E-state index contributed by atoms with van der Waals surface area (Å²) in [5.41, 5.74) is 0.0788. The number of carbonyl (C=O) groups excluding carboxylic acids is 2. The van der Waals surface area contributed by atoms with Gasteiger partial charge in [-0.1, -0.05) is 0 Å². The molecular weight excluding hydrogens is 368 g/mol. The Bertz CT molecular complexity index is 687. The van der Waals surface area contributed by atoms with Crippen molar-refractivity contribution in [3.63, 3.8) is 0 Å². The second-order valence-corrected chi connectivity index (χ2v) is 6.76. The maximum atomic E-state index is 14.0. The van der Waals surface area contributed by atoms with Crippen molar-refractivity contribution in [2.24, 2.45) is 0 Å². The fraction of sp³-hybridized carbons (Fsp3) is 0.556. The number of rotatable bonds is 3. The van der Waals surface area contributed by atoms with E-state index in [1.54, 1.807) is 4.90 Å². The number of alkyl halides is 4. The zero-order chi connectivity index (χ0) is 19.6. The molecule has 9 heteroatoms. The number of hydrogen-bond donors (Lipinski definition) is 0. The summed E-state index contributed by atoms with van der Waals surface area (Å²) in [6.07, 6.45) is -3.39. The van der Waals surface area contributed by atoms with E-state index in [0.717, 1.165) is 31.4 Å². The Hall–Kier alpha value is -2.32. The molecule has 2 amide bonds. The molecule has 2 saturated heterocycles. The summed E-state index contributed by atoms with van der Waals surface area (Å²) in [6.45, 7) is 0.986. The highest BCUT2D eigenvalue weighted by atomic mass is 19.4. The Morgan fingerprint density at radius 1 is 1.04 bits per heavy atom. The Morgan fingerprint density at radius 3 is 2.26 bits per heavy atom. The van der Waals surface area contributed by atoms with E-state index in [9.17, 15) is 27.2 Å².